The lowest BCUT2D eigenvalue weighted by atomic mass is 10.2. The molecule has 0 fully saturated rings. The molecule has 2 N–H and O–H groups in total. The number of carbonyl (C=O) groups is 1. The van der Waals surface area contributed by atoms with Gasteiger partial charge in [-0.25, -0.2) is 0 Å². The van der Waals surface area contributed by atoms with Crippen LogP contribution in [0, 0.1) is 5.92 Å². The second-order valence-corrected chi connectivity index (χ2v) is 5.22. The monoisotopic (exact) mass is 294 g/mol. The molecule has 0 aliphatic carbocycles. The van der Waals surface area contributed by atoms with Gasteiger partial charge in [0.05, 0.1) is 7.11 Å². The lowest BCUT2D eigenvalue weighted by Crippen LogP contribution is -2.32. The standard InChI is InChI=1S/C16H26N2O3/c1-5-17-10-13-7-6-8-14(20-4)16(13)21-11-15(19)18-9-12(2)3/h6-8,12,17H,5,9-11H2,1-4H3,(H,18,19). The van der Waals surface area contributed by atoms with Crippen LogP contribution in [0.25, 0.3) is 0 Å². The molecule has 21 heavy (non-hydrogen) atoms. The third kappa shape index (κ3) is 6.04. The van der Waals surface area contributed by atoms with Gasteiger partial charge in [0.2, 0.25) is 0 Å². The van der Waals surface area contributed by atoms with E-state index in [1.54, 1.807) is 7.11 Å². The summed E-state index contributed by atoms with van der Waals surface area (Å²) >= 11 is 0. The second-order valence-electron chi connectivity index (χ2n) is 5.22. The molecule has 118 valence electrons. The lowest BCUT2D eigenvalue weighted by Gasteiger charge is -2.15. The number of nitrogens with one attached hydrogen (secondary N) is 2. The van der Waals surface area contributed by atoms with E-state index < -0.39 is 0 Å². The van der Waals surface area contributed by atoms with E-state index in [0.717, 1.165) is 12.1 Å². The van der Waals surface area contributed by atoms with Gasteiger partial charge in [-0.05, 0) is 18.5 Å². The van der Waals surface area contributed by atoms with Gasteiger partial charge in [0.15, 0.2) is 18.1 Å². The van der Waals surface area contributed by atoms with Crippen molar-refractivity contribution in [2.45, 2.75) is 27.3 Å². The van der Waals surface area contributed by atoms with E-state index in [2.05, 4.69) is 24.5 Å². The molecule has 1 aromatic carbocycles. The minimum atomic E-state index is -0.121. The van der Waals surface area contributed by atoms with Crippen molar-refractivity contribution in [1.29, 1.82) is 0 Å². The zero-order chi connectivity index (χ0) is 15.7. The quantitative estimate of drug-likeness (QED) is 0.731. The lowest BCUT2D eigenvalue weighted by molar-refractivity contribution is -0.123. The number of amides is 1. The van der Waals surface area contributed by atoms with Gasteiger partial charge in [-0.3, -0.25) is 4.79 Å². The van der Waals surface area contributed by atoms with Gasteiger partial charge < -0.3 is 20.1 Å². The molecule has 0 heterocycles. The van der Waals surface area contributed by atoms with Gasteiger partial charge >= 0.3 is 0 Å². The molecular weight excluding hydrogens is 268 g/mol. The molecule has 0 saturated carbocycles. The van der Waals surface area contributed by atoms with Crippen molar-refractivity contribution in [3.8, 4) is 11.5 Å². The summed E-state index contributed by atoms with van der Waals surface area (Å²) in [6.07, 6.45) is 0. The number of para-hydroxylation sites is 1. The summed E-state index contributed by atoms with van der Waals surface area (Å²) in [7, 11) is 1.60. The van der Waals surface area contributed by atoms with Crippen LogP contribution in [-0.4, -0.2) is 32.7 Å². The Hall–Kier alpha value is -1.75. The third-order valence-electron chi connectivity index (χ3n) is 2.90. The van der Waals surface area contributed by atoms with E-state index in [9.17, 15) is 4.79 Å². The predicted molar refractivity (Wildman–Crippen MR) is 83.7 cm³/mol. The van der Waals surface area contributed by atoms with E-state index in [0.29, 0.717) is 30.5 Å². The minimum absolute atomic E-state index is 0.00772. The first-order valence-corrected chi connectivity index (χ1v) is 7.34. The van der Waals surface area contributed by atoms with E-state index in [-0.39, 0.29) is 12.5 Å². The molecule has 0 bridgehead atoms. The van der Waals surface area contributed by atoms with Crippen LogP contribution in [0.15, 0.2) is 18.2 Å². The zero-order valence-corrected chi connectivity index (χ0v) is 13.4. The Kier molecular flexibility index (Phi) is 7.61. The summed E-state index contributed by atoms with van der Waals surface area (Å²) in [6.45, 7) is 8.33. The highest BCUT2D eigenvalue weighted by Gasteiger charge is 2.12. The van der Waals surface area contributed by atoms with Crippen LogP contribution in [0.5, 0.6) is 11.5 Å². The molecule has 0 radical (unpaired) electrons. The van der Waals surface area contributed by atoms with Crippen LogP contribution in [0.3, 0.4) is 0 Å². The Morgan fingerprint density at radius 2 is 2.10 bits per heavy atom. The Morgan fingerprint density at radius 3 is 2.71 bits per heavy atom. The van der Waals surface area contributed by atoms with Crippen molar-refractivity contribution in [3.05, 3.63) is 23.8 Å². The maximum atomic E-state index is 11.8. The predicted octanol–water partition coefficient (Wildman–Crippen LogP) is 1.96. The van der Waals surface area contributed by atoms with Crippen molar-refractivity contribution in [2.24, 2.45) is 5.92 Å². The van der Waals surface area contributed by atoms with Gasteiger partial charge in [-0.15, -0.1) is 0 Å². The molecule has 5 nitrogen and oxygen atoms in total. The Labute approximate surface area is 127 Å². The summed E-state index contributed by atoms with van der Waals surface area (Å²) in [5, 5.41) is 6.08. The van der Waals surface area contributed by atoms with Crippen molar-refractivity contribution in [2.75, 3.05) is 26.8 Å². The van der Waals surface area contributed by atoms with Crippen molar-refractivity contribution >= 4 is 5.91 Å². The first-order chi connectivity index (χ1) is 10.1. The second kappa shape index (κ2) is 9.23. The van der Waals surface area contributed by atoms with E-state index in [1.165, 1.54) is 0 Å². The van der Waals surface area contributed by atoms with E-state index in [4.69, 9.17) is 9.47 Å². The highest BCUT2D eigenvalue weighted by atomic mass is 16.5. The summed E-state index contributed by atoms with van der Waals surface area (Å²) in [5.41, 5.74) is 0.979. The number of hydrogen-bond donors (Lipinski definition) is 2. The Morgan fingerprint density at radius 1 is 1.33 bits per heavy atom. The molecule has 1 aromatic rings. The number of carbonyl (C=O) groups excluding carboxylic acids is 1. The molecular formula is C16H26N2O3. The van der Waals surface area contributed by atoms with Crippen LogP contribution in [0.2, 0.25) is 0 Å². The fourth-order valence-electron chi connectivity index (χ4n) is 1.79. The van der Waals surface area contributed by atoms with Gasteiger partial charge in [-0.1, -0.05) is 32.9 Å². The highest BCUT2D eigenvalue weighted by molar-refractivity contribution is 5.77. The van der Waals surface area contributed by atoms with Gasteiger partial charge in [0, 0.05) is 18.7 Å². The maximum absolute atomic E-state index is 11.8. The summed E-state index contributed by atoms with van der Waals surface area (Å²) in [5.74, 6) is 1.57. The normalized spacial score (nSPS) is 10.5. The summed E-state index contributed by atoms with van der Waals surface area (Å²) < 4.78 is 11.0. The number of methoxy groups -OCH3 is 1. The molecule has 0 saturated heterocycles. The largest absolute Gasteiger partial charge is 0.493 e. The SMILES string of the molecule is CCNCc1cccc(OC)c1OCC(=O)NCC(C)C. The molecule has 1 amide bonds. The summed E-state index contributed by atoms with van der Waals surface area (Å²) in [6, 6.07) is 5.71. The van der Waals surface area contributed by atoms with Crippen molar-refractivity contribution < 1.29 is 14.3 Å². The number of ether oxygens (including phenoxy) is 2. The van der Waals surface area contributed by atoms with Crippen molar-refractivity contribution in [1.82, 2.24) is 10.6 Å². The Bertz CT molecular complexity index is 447. The molecule has 0 spiro atoms. The fraction of sp³-hybridized carbons (Fsp3) is 0.562. The molecule has 0 aliphatic rings. The average molecular weight is 294 g/mol. The number of rotatable bonds is 9. The first kappa shape index (κ1) is 17.3. The van der Waals surface area contributed by atoms with E-state index >= 15 is 0 Å². The van der Waals surface area contributed by atoms with Gasteiger partial charge in [0.1, 0.15) is 0 Å². The fourth-order valence-corrected chi connectivity index (χ4v) is 1.79. The van der Waals surface area contributed by atoms with Crippen LogP contribution in [0.1, 0.15) is 26.3 Å². The van der Waals surface area contributed by atoms with Crippen LogP contribution in [0.4, 0.5) is 0 Å². The molecule has 5 heteroatoms. The summed E-state index contributed by atoms with van der Waals surface area (Å²) in [4.78, 5) is 11.8. The molecule has 0 atom stereocenters. The zero-order valence-electron chi connectivity index (χ0n) is 13.4. The van der Waals surface area contributed by atoms with Crippen LogP contribution in [-0.2, 0) is 11.3 Å². The maximum Gasteiger partial charge on any atom is 0.257 e. The van der Waals surface area contributed by atoms with Gasteiger partial charge in [0.25, 0.3) is 5.91 Å². The topological polar surface area (TPSA) is 59.6 Å². The highest BCUT2D eigenvalue weighted by Crippen LogP contribution is 2.30. The van der Waals surface area contributed by atoms with Gasteiger partial charge in [-0.2, -0.15) is 0 Å². The number of hydrogen-bond acceptors (Lipinski definition) is 4. The minimum Gasteiger partial charge on any atom is -0.493 e. The average Bonchev–Trinajstić information content (AvgIpc) is 2.48. The molecule has 0 aliphatic heterocycles. The number of benzene rings is 1. The smallest absolute Gasteiger partial charge is 0.257 e. The first-order valence-electron chi connectivity index (χ1n) is 7.34. The van der Waals surface area contributed by atoms with E-state index in [1.807, 2.05) is 25.1 Å². The Balaban J connectivity index is 2.68. The van der Waals surface area contributed by atoms with Crippen LogP contribution >= 0.6 is 0 Å². The molecule has 0 aromatic heterocycles. The third-order valence-corrected chi connectivity index (χ3v) is 2.90. The van der Waals surface area contributed by atoms with Crippen molar-refractivity contribution in [3.63, 3.8) is 0 Å². The molecule has 0 unspecified atom stereocenters. The van der Waals surface area contributed by atoms with Crippen LogP contribution < -0.4 is 20.1 Å². The molecule has 1 rings (SSSR count).